The lowest BCUT2D eigenvalue weighted by Crippen LogP contribution is -2.15. The van der Waals surface area contributed by atoms with E-state index in [9.17, 15) is 4.79 Å². The third kappa shape index (κ3) is 5.17. The van der Waals surface area contributed by atoms with Crippen molar-refractivity contribution < 1.29 is 28.3 Å². The van der Waals surface area contributed by atoms with E-state index in [1.54, 1.807) is 43.5 Å². The molecule has 8 nitrogen and oxygen atoms in total. The molecule has 0 bridgehead atoms. The molecule has 0 radical (unpaired) electrons. The minimum Gasteiger partial charge on any atom is -0.493 e. The maximum atomic E-state index is 11.9. The van der Waals surface area contributed by atoms with Gasteiger partial charge < -0.3 is 23.5 Å². The molecule has 0 amide bonds. The van der Waals surface area contributed by atoms with Crippen LogP contribution >= 0.6 is 11.6 Å². The van der Waals surface area contributed by atoms with Gasteiger partial charge in [0, 0.05) is 10.6 Å². The zero-order valence-corrected chi connectivity index (χ0v) is 16.9. The molecule has 1 aromatic heterocycles. The van der Waals surface area contributed by atoms with Crippen LogP contribution in [0.25, 0.3) is 11.4 Å². The summed E-state index contributed by atoms with van der Waals surface area (Å²) in [5.41, 5.74) is 1.49. The number of aryl methyl sites for hydroxylation is 1. The van der Waals surface area contributed by atoms with Gasteiger partial charge in [-0.3, -0.25) is 0 Å². The van der Waals surface area contributed by atoms with E-state index in [1.165, 1.54) is 7.11 Å². The average molecular weight is 419 g/mol. The van der Waals surface area contributed by atoms with Crippen LogP contribution in [0.5, 0.6) is 17.2 Å². The van der Waals surface area contributed by atoms with E-state index in [-0.39, 0.29) is 19.1 Å². The van der Waals surface area contributed by atoms with E-state index in [0.29, 0.717) is 33.7 Å². The topological polar surface area (TPSA) is 92.9 Å². The second kappa shape index (κ2) is 9.29. The van der Waals surface area contributed by atoms with Gasteiger partial charge in [-0.2, -0.15) is 4.98 Å². The van der Waals surface area contributed by atoms with E-state index in [2.05, 4.69) is 10.1 Å². The van der Waals surface area contributed by atoms with Crippen LogP contribution in [0.1, 0.15) is 11.5 Å². The smallest absolute Gasteiger partial charge is 0.344 e. The Bertz CT molecular complexity index is 1000. The van der Waals surface area contributed by atoms with Gasteiger partial charge in [0.05, 0.1) is 14.2 Å². The van der Waals surface area contributed by atoms with Crippen LogP contribution in [0.4, 0.5) is 0 Å². The first-order chi connectivity index (χ1) is 14.0. The summed E-state index contributed by atoms with van der Waals surface area (Å²) in [6, 6.07) is 10.4. The Kier molecular flexibility index (Phi) is 6.56. The average Bonchev–Trinajstić information content (AvgIpc) is 3.20. The molecule has 0 fully saturated rings. The van der Waals surface area contributed by atoms with Gasteiger partial charge in [-0.25, -0.2) is 4.79 Å². The summed E-state index contributed by atoms with van der Waals surface area (Å²) < 4.78 is 26.1. The van der Waals surface area contributed by atoms with Gasteiger partial charge in [-0.1, -0.05) is 16.8 Å². The predicted octanol–water partition coefficient (Wildman–Crippen LogP) is 3.84. The molecule has 9 heteroatoms. The van der Waals surface area contributed by atoms with Gasteiger partial charge in [0.1, 0.15) is 5.75 Å². The Morgan fingerprint density at radius 1 is 1.07 bits per heavy atom. The van der Waals surface area contributed by atoms with Crippen LogP contribution in [0.15, 0.2) is 40.9 Å². The van der Waals surface area contributed by atoms with Crippen molar-refractivity contribution in [3.8, 4) is 28.6 Å². The quantitative estimate of drug-likeness (QED) is 0.509. The Hall–Kier alpha value is -3.26. The number of aromatic nitrogens is 2. The summed E-state index contributed by atoms with van der Waals surface area (Å²) in [6.45, 7) is 1.42. The molecule has 0 saturated carbocycles. The molecule has 3 rings (SSSR count). The van der Waals surface area contributed by atoms with Crippen LogP contribution in [0.2, 0.25) is 5.02 Å². The van der Waals surface area contributed by atoms with Crippen LogP contribution in [0, 0.1) is 6.92 Å². The molecule has 152 valence electrons. The van der Waals surface area contributed by atoms with Crippen LogP contribution in [0.3, 0.4) is 0 Å². The largest absolute Gasteiger partial charge is 0.493 e. The lowest BCUT2D eigenvalue weighted by Gasteiger charge is -2.08. The fourth-order valence-corrected chi connectivity index (χ4v) is 2.73. The third-order valence-corrected chi connectivity index (χ3v) is 4.18. The summed E-state index contributed by atoms with van der Waals surface area (Å²) in [4.78, 5) is 16.1. The molecule has 0 atom stereocenters. The normalized spacial score (nSPS) is 10.5. The summed E-state index contributed by atoms with van der Waals surface area (Å²) in [5.74, 6) is 1.61. The van der Waals surface area contributed by atoms with Crippen LogP contribution in [-0.4, -0.2) is 36.9 Å². The number of benzene rings is 2. The first-order valence-corrected chi connectivity index (χ1v) is 8.97. The number of hydrogen-bond donors (Lipinski definition) is 0. The van der Waals surface area contributed by atoms with E-state index < -0.39 is 5.97 Å². The van der Waals surface area contributed by atoms with E-state index in [1.807, 2.05) is 6.92 Å². The van der Waals surface area contributed by atoms with Crippen molar-refractivity contribution in [2.45, 2.75) is 13.5 Å². The number of ether oxygens (including phenoxy) is 4. The molecular weight excluding hydrogens is 400 g/mol. The molecular formula is C20H19ClN2O6. The Balaban J connectivity index is 1.55. The molecule has 0 aliphatic carbocycles. The van der Waals surface area contributed by atoms with Crippen LogP contribution in [-0.2, 0) is 16.1 Å². The highest BCUT2D eigenvalue weighted by Gasteiger charge is 2.14. The number of hydrogen-bond acceptors (Lipinski definition) is 8. The van der Waals surface area contributed by atoms with Crippen LogP contribution < -0.4 is 14.2 Å². The molecule has 2 aromatic carbocycles. The fraction of sp³-hybridized carbons (Fsp3) is 0.250. The van der Waals surface area contributed by atoms with E-state index in [4.69, 9.17) is 35.1 Å². The molecule has 29 heavy (non-hydrogen) atoms. The SMILES string of the molecule is COc1ccc(-c2noc(COC(=O)COc3ccc(Cl)cc3C)n2)cc1OC. The third-order valence-electron chi connectivity index (χ3n) is 3.95. The number of halogens is 1. The summed E-state index contributed by atoms with van der Waals surface area (Å²) in [7, 11) is 3.09. The number of esters is 1. The van der Waals surface area contributed by atoms with Gasteiger partial charge in [-0.05, 0) is 48.9 Å². The molecule has 0 aliphatic heterocycles. The van der Waals surface area contributed by atoms with E-state index >= 15 is 0 Å². The minimum absolute atomic E-state index is 0.158. The number of nitrogens with zero attached hydrogens (tertiary/aromatic N) is 2. The lowest BCUT2D eigenvalue weighted by atomic mass is 10.2. The van der Waals surface area contributed by atoms with E-state index in [0.717, 1.165) is 5.56 Å². The van der Waals surface area contributed by atoms with Crippen molar-refractivity contribution in [3.63, 3.8) is 0 Å². The number of carbonyl (C=O) groups excluding carboxylic acids is 1. The zero-order chi connectivity index (χ0) is 20.8. The van der Waals surface area contributed by atoms with Gasteiger partial charge in [0.15, 0.2) is 24.7 Å². The summed E-state index contributed by atoms with van der Waals surface area (Å²) >= 11 is 5.89. The van der Waals surface area contributed by atoms with Crippen molar-refractivity contribution in [2.24, 2.45) is 0 Å². The number of methoxy groups -OCH3 is 2. The molecule has 0 spiro atoms. The van der Waals surface area contributed by atoms with Crippen molar-refractivity contribution in [1.29, 1.82) is 0 Å². The molecule has 0 N–H and O–H groups in total. The first-order valence-electron chi connectivity index (χ1n) is 8.59. The number of rotatable bonds is 8. The molecule has 0 aliphatic rings. The predicted molar refractivity (Wildman–Crippen MR) is 104 cm³/mol. The highest BCUT2D eigenvalue weighted by molar-refractivity contribution is 6.30. The molecule has 1 heterocycles. The lowest BCUT2D eigenvalue weighted by molar-refractivity contribution is -0.148. The molecule has 0 saturated heterocycles. The van der Waals surface area contributed by atoms with Crippen molar-refractivity contribution in [2.75, 3.05) is 20.8 Å². The van der Waals surface area contributed by atoms with Gasteiger partial charge in [0.25, 0.3) is 5.89 Å². The monoisotopic (exact) mass is 418 g/mol. The number of carbonyl (C=O) groups is 1. The first kappa shape index (κ1) is 20.5. The maximum Gasteiger partial charge on any atom is 0.344 e. The molecule has 3 aromatic rings. The van der Waals surface area contributed by atoms with Crippen molar-refractivity contribution >= 4 is 17.6 Å². The maximum absolute atomic E-state index is 11.9. The highest BCUT2D eigenvalue weighted by Crippen LogP contribution is 2.31. The van der Waals surface area contributed by atoms with Gasteiger partial charge >= 0.3 is 5.97 Å². The van der Waals surface area contributed by atoms with Crippen molar-refractivity contribution in [3.05, 3.63) is 52.9 Å². The summed E-state index contributed by atoms with van der Waals surface area (Å²) in [6.07, 6.45) is 0. The minimum atomic E-state index is -0.565. The second-order valence-corrected chi connectivity index (χ2v) is 6.38. The Labute approximate surface area is 172 Å². The Morgan fingerprint density at radius 3 is 2.55 bits per heavy atom. The van der Waals surface area contributed by atoms with Gasteiger partial charge in [-0.15, -0.1) is 0 Å². The highest BCUT2D eigenvalue weighted by atomic mass is 35.5. The van der Waals surface area contributed by atoms with Crippen molar-refractivity contribution in [1.82, 2.24) is 10.1 Å². The van der Waals surface area contributed by atoms with Gasteiger partial charge in [0.2, 0.25) is 5.82 Å². The fourth-order valence-electron chi connectivity index (χ4n) is 2.50. The second-order valence-electron chi connectivity index (χ2n) is 5.94. The molecule has 0 unspecified atom stereocenters. The Morgan fingerprint density at radius 2 is 1.83 bits per heavy atom. The summed E-state index contributed by atoms with van der Waals surface area (Å²) in [5, 5.41) is 4.49. The standard InChI is InChI=1S/C20H19ClN2O6/c1-12-8-14(21)5-7-15(12)27-11-19(24)28-10-18-22-20(23-29-18)13-4-6-16(25-2)17(9-13)26-3/h4-9H,10-11H2,1-3H3. The zero-order valence-electron chi connectivity index (χ0n) is 16.1.